The second-order valence-electron chi connectivity index (χ2n) is 10.3. The van der Waals surface area contributed by atoms with Crippen LogP contribution in [0, 0.1) is 5.92 Å². The van der Waals surface area contributed by atoms with Crippen LogP contribution in [0.1, 0.15) is 149 Å². The lowest BCUT2D eigenvalue weighted by atomic mass is 9.86. The van der Waals surface area contributed by atoms with E-state index in [9.17, 15) is 4.79 Å². The highest BCUT2D eigenvalue weighted by molar-refractivity contribution is 5.69. The Kier molecular flexibility index (Phi) is 20.5. The fourth-order valence-electron chi connectivity index (χ4n) is 5.13. The quantitative estimate of drug-likeness (QED) is 0.122. The van der Waals surface area contributed by atoms with E-state index >= 15 is 0 Å². The predicted molar refractivity (Wildman–Crippen MR) is 139 cm³/mol. The molecule has 0 radical (unpaired) electrons. The first-order valence-electron chi connectivity index (χ1n) is 14.6. The molecular formula is C29H57NO2. The van der Waals surface area contributed by atoms with Crippen LogP contribution in [0.2, 0.25) is 0 Å². The van der Waals surface area contributed by atoms with Crippen molar-refractivity contribution in [2.75, 3.05) is 26.2 Å². The van der Waals surface area contributed by atoms with Crippen molar-refractivity contribution in [2.24, 2.45) is 5.92 Å². The molecule has 32 heavy (non-hydrogen) atoms. The molecule has 1 rings (SSSR count). The van der Waals surface area contributed by atoms with Gasteiger partial charge in [-0.15, -0.1) is 0 Å². The number of esters is 1. The van der Waals surface area contributed by atoms with Crippen LogP contribution in [0.25, 0.3) is 0 Å². The van der Waals surface area contributed by atoms with Crippen LogP contribution in [0.4, 0.5) is 0 Å². The molecule has 1 aliphatic rings. The van der Waals surface area contributed by atoms with Crippen molar-refractivity contribution in [1.82, 2.24) is 4.90 Å². The average Bonchev–Trinajstić information content (AvgIpc) is 2.81. The third kappa shape index (κ3) is 17.9. The van der Waals surface area contributed by atoms with Gasteiger partial charge in [-0.05, 0) is 51.1 Å². The number of nitrogens with zero attached hydrogens (tertiary/aromatic N) is 1. The van der Waals surface area contributed by atoms with Crippen molar-refractivity contribution in [3.63, 3.8) is 0 Å². The molecule has 0 aliphatic heterocycles. The highest BCUT2D eigenvalue weighted by Crippen LogP contribution is 2.27. The molecule has 0 unspecified atom stereocenters. The first-order chi connectivity index (χ1) is 15.8. The zero-order valence-electron chi connectivity index (χ0n) is 22.0. The summed E-state index contributed by atoms with van der Waals surface area (Å²) in [5.41, 5.74) is 0. The zero-order chi connectivity index (χ0) is 23.1. The molecule has 0 aromatic rings. The number of carbonyl (C=O) groups excluding carboxylic acids is 1. The van der Waals surface area contributed by atoms with E-state index < -0.39 is 0 Å². The van der Waals surface area contributed by atoms with Crippen molar-refractivity contribution in [1.29, 1.82) is 0 Å². The summed E-state index contributed by atoms with van der Waals surface area (Å²) < 4.78 is 5.51. The maximum atomic E-state index is 12.0. The average molecular weight is 452 g/mol. The van der Waals surface area contributed by atoms with Gasteiger partial charge in [0.2, 0.25) is 0 Å². The molecule has 0 atom stereocenters. The molecule has 1 saturated carbocycles. The van der Waals surface area contributed by atoms with Gasteiger partial charge in [-0.25, -0.2) is 0 Å². The normalized spacial score (nSPS) is 14.8. The molecule has 190 valence electrons. The van der Waals surface area contributed by atoms with Crippen LogP contribution >= 0.6 is 0 Å². The summed E-state index contributed by atoms with van der Waals surface area (Å²) in [5, 5.41) is 0. The molecular weight excluding hydrogens is 394 g/mol. The van der Waals surface area contributed by atoms with E-state index in [1.807, 2.05) is 0 Å². The van der Waals surface area contributed by atoms with Crippen molar-refractivity contribution in [3.05, 3.63) is 0 Å². The number of unbranched alkanes of at least 4 members (excludes halogenated alkanes) is 10. The molecule has 3 nitrogen and oxygen atoms in total. The van der Waals surface area contributed by atoms with Gasteiger partial charge in [-0.3, -0.25) is 4.79 Å². The van der Waals surface area contributed by atoms with Crippen LogP contribution in [0.3, 0.4) is 0 Å². The number of ether oxygens (including phenoxy) is 1. The fraction of sp³-hybridized carbons (Fsp3) is 0.966. The van der Waals surface area contributed by atoms with Gasteiger partial charge in [-0.1, -0.05) is 110 Å². The van der Waals surface area contributed by atoms with Crippen molar-refractivity contribution in [2.45, 2.75) is 149 Å². The first kappa shape index (κ1) is 29.5. The largest absolute Gasteiger partial charge is 0.466 e. The van der Waals surface area contributed by atoms with E-state index in [1.165, 1.54) is 122 Å². The van der Waals surface area contributed by atoms with E-state index in [4.69, 9.17) is 4.74 Å². The third-order valence-corrected chi connectivity index (χ3v) is 7.26. The van der Waals surface area contributed by atoms with Gasteiger partial charge in [0.15, 0.2) is 0 Å². The van der Waals surface area contributed by atoms with Gasteiger partial charge in [0.1, 0.15) is 0 Å². The van der Waals surface area contributed by atoms with Gasteiger partial charge < -0.3 is 9.64 Å². The Balaban J connectivity index is 2.17. The summed E-state index contributed by atoms with van der Waals surface area (Å²) >= 11 is 0. The van der Waals surface area contributed by atoms with Crippen molar-refractivity contribution in [3.8, 4) is 0 Å². The molecule has 1 aliphatic carbocycles. The maximum Gasteiger partial charge on any atom is 0.305 e. The molecule has 0 aromatic carbocycles. The first-order valence-corrected chi connectivity index (χ1v) is 14.6. The molecule has 0 N–H and O–H groups in total. The summed E-state index contributed by atoms with van der Waals surface area (Å²) in [7, 11) is 0. The summed E-state index contributed by atoms with van der Waals surface area (Å²) in [4.78, 5) is 14.6. The highest BCUT2D eigenvalue weighted by atomic mass is 16.5. The monoisotopic (exact) mass is 451 g/mol. The van der Waals surface area contributed by atoms with E-state index in [-0.39, 0.29) is 5.97 Å². The lowest BCUT2D eigenvalue weighted by Crippen LogP contribution is -2.28. The number of hydrogen-bond donors (Lipinski definition) is 0. The number of rotatable bonds is 22. The van der Waals surface area contributed by atoms with Crippen LogP contribution in [0.5, 0.6) is 0 Å². The Labute approximate surface area is 201 Å². The minimum atomic E-state index is 0.0115. The number of carbonyl (C=O) groups is 1. The molecule has 3 heteroatoms. The number of hydrogen-bond acceptors (Lipinski definition) is 3. The van der Waals surface area contributed by atoms with Gasteiger partial charge in [0.25, 0.3) is 0 Å². The maximum absolute atomic E-state index is 12.0. The SMILES string of the molecule is CCCCCCCCCN(CCCOC(=O)CCCCCCC)CCCC1CCCCC1. The second kappa shape index (κ2) is 22.2. The standard InChI is InChI=1S/C29H57NO2/c1-3-5-7-9-10-12-17-24-30(25-18-22-28-20-14-13-15-21-28)26-19-27-32-29(31)23-16-11-8-6-4-2/h28H,3-27H2,1-2H3. The summed E-state index contributed by atoms with van der Waals surface area (Å²) in [6, 6.07) is 0. The minimum Gasteiger partial charge on any atom is -0.466 e. The van der Waals surface area contributed by atoms with Gasteiger partial charge in [0.05, 0.1) is 6.61 Å². The summed E-state index contributed by atoms with van der Waals surface area (Å²) in [6.45, 7) is 8.66. The Hall–Kier alpha value is -0.570. The summed E-state index contributed by atoms with van der Waals surface area (Å²) in [5.74, 6) is 1.000. The van der Waals surface area contributed by atoms with E-state index in [2.05, 4.69) is 18.7 Å². The smallest absolute Gasteiger partial charge is 0.305 e. The van der Waals surface area contributed by atoms with Crippen LogP contribution < -0.4 is 0 Å². The molecule has 0 saturated heterocycles. The predicted octanol–water partition coefficient (Wildman–Crippen LogP) is 8.69. The Bertz CT molecular complexity index is 406. The Morgan fingerprint density at radius 1 is 0.688 bits per heavy atom. The van der Waals surface area contributed by atoms with Crippen LogP contribution in [0.15, 0.2) is 0 Å². The Morgan fingerprint density at radius 3 is 1.94 bits per heavy atom. The molecule has 1 fully saturated rings. The van der Waals surface area contributed by atoms with Gasteiger partial charge in [-0.2, -0.15) is 0 Å². The molecule has 0 bridgehead atoms. The minimum absolute atomic E-state index is 0.0115. The molecule has 0 spiro atoms. The van der Waals surface area contributed by atoms with E-state index in [0.717, 1.165) is 31.7 Å². The fourth-order valence-corrected chi connectivity index (χ4v) is 5.13. The van der Waals surface area contributed by atoms with Crippen molar-refractivity contribution < 1.29 is 9.53 Å². The van der Waals surface area contributed by atoms with E-state index in [0.29, 0.717) is 13.0 Å². The van der Waals surface area contributed by atoms with Crippen LogP contribution in [-0.4, -0.2) is 37.1 Å². The molecule has 0 amide bonds. The van der Waals surface area contributed by atoms with Gasteiger partial charge in [0, 0.05) is 13.0 Å². The molecule has 0 heterocycles. The summed E-state index contributed by atoms with van der Waals surface area (Å²) in [6.07, 6.45) is 27.2. The molecule has 0 aromatic heterocycles. The topological polar surface area (TPSA) is 29.5 Å². The second-order valence-corrected chi connectivity index (χ2v) is 10.3. The Morgan fingerprint density at radius 2 is 1.25 bits per heavy atom. The van der Waals surface area contributed by atoms with Crippen LogP contribution in [-0.2, 0) is 9.53 Å². The zero-order valence-corrected chi connectivity index (χ0v) is 22.0. The highest BCUT2D eigenvalue weighted by Gasteiger charge is 2.14. The lowest BCUT2D eigenvalue weighted by Gasteiger charge is -2.25. The van der Waals surface area contributed by atoms with Gasteiger partial charge >= 0.3 is 5.97 Å². The lowest BCUT2D eigenvalue weighted by molar-refractivity contribution is -0.144. The van der Waals surface area contributed by atoms with Crippen molar-refractivity contribution >= 4 is 5.97 Å². The van der Waals surface area contributed by atoms with E-state index in [1.54, 1.807) is 0 Å². The third-order valence-electron chi connectivity index (χ3n) is 7.26.